The number of fused-ring (bicyclic) bond motifs is 1. The zero-order chi connectivity index (χ0) is 13.8. The van der Waals surface area contributed by atoms with Crippen LogP contribution in [0.25, 0.3) is 0 Å². The predicted octanol–water partition coefficient (Wildman–Crippen LogP) is 3.26. The second-order valence-electron chi connectivity index (χ2n) is 4.98. The standard InChI is InChI=1S/C16H21NO2/c1-11(2)5-6-14-13-10-16(19-4)15(18-3)9-12(13)7-8-17-14/h5-6,9-11H,7-8H2,1-4H3. The molecule has 19 heavy (non-hydrogen) atoms. The Bertz CT molecular complexity index is 516. The Morgan fingerprint density at radius 1 is 1.16 bits per heavy atom. The molecule has 3 heteroatoms. The van der Waals surface area contributed by atoms with Crippen LogP contribution in [0.15, 0.2) is 29.3 Å². The minimum atomic E-state index is 0.522. The third-order valence-corrected chi connectivity index (χ3v) is 3.19. The van der Waals surface area contributed by atoms with Gasteiger partial charge in [-0.2, -0.15) is 0 Å². The molecule has 0 atom stereocenters. The highest BCUT2D eigenvalue weighted by Gasteiger charge is 2.16. The molecule has 1 aliphatic rings. The smallest absolute Gasteiger partial charge is 0.161 e. The first-order valence-corrected chi connectivity index (χ1v) is 6.63. The third-order valence-electron chi connectivity index (χ3n) is 3.19. The van der Waals surface area contributed by atoms with E-state index < -0.39 is 0 Å². The summed E-state index contributed by atoms with van der Waals surface area (Å²) in [4.78, 5) is 4.61. The molecule has 0 fully saturated rings. The Balaban J connectivity index is 2.43. The zero-order valence-corrected chi connectivity index (χ0v) is 12.1. The highest BCUT2D eigenvalue weighted by atomic mass is 16.5. The summed E-state index contributed by atoms with van der Waals surface area (Å²) in [5.41, 5.74) is 3.47. The van der Waals surface area contributed by atoms with Crippen molar-refractivity contribution in [1.82, 2.24) is 0 Å². The number of methoxy groups -OCH3 is 2. The van der Waals surface area contributed by atoms with Gasteiger partial charge in [0.1, 0.15) is 0 Å². The fourth-order valence-corrected chi connectivity index (χ4v) is 2.17. The molecule has 0 unspecified atom stereocenters. The van der Waals surface area contributed by atoms with Gasteiger partial charge in [-0.3, -0.25) is 4.99 Å². The highest BCUT2D eigenvalue weighted by Crippen LogP contribution is 2.32. The van der Waals surface area contributed by atoms with Gasteiger partial charge in [0.05, 0.1) is 19.9 Å². The predicted molar refractivity (Wildman–Crippen MR) is 78.6 cm³/mol. The van der Waals surface area contributed by atoms with Crippen LogP contribution >= 0.6 is 0 Å². The van der Waals surface area contributed by atoms with Gasteiger partial charge in [-0.25, -0.2) is 0 Å². The van der Waals surface area contributed by atoms with E-state index in [0.717, 1.165) is 35.7 Å². The molecule has 3 nitrogen and oxygen atoms in total. The Morgan fingerprint density at radius 2 is 1.84 bits per heavy atom. The van der Waals surface area contributed by atoms with Crippen LogP contribution in [-0.4, -0.2) is 26.5 Å². The lowest BCUT2D eigenvalue weighted by molar-refractivity contribution is 0.354. The van der Waals surface area contributed by atoms with Crippen LogP contribution in [0.5, 0.6) is 11.5 Å². The van der Waals surface area contributed by atoms with Crippen LogP contribution in [-0.2, 0) is 6.42 Å². The molecular formula is C16H21NO2. The molecule has 2 rings (SSSR count). The minimum absolute atomic E-state index is 0.522. The number of benzene rings is 1. The van der Waals surface area contributed by atoms with Crippen LogP contribution < -0.4 is 9.47 Å². The highest BCUT2D eigenvalue weighted by molar-refractivity contribution is 6.10. The number of rotatable bonds is 4. The zero-order valence-electron chi connectivity index (χ0n) is 12.1. The van der Waals surface area contributed by atoms with Gasteiger partial charge in [0.2, 0.25) is 0 Å². The van der Waals surface area contributed by atoms with E-state index in [9.17, 15) is 0 Å². The Kier molecular flexibility index (Phi) is 4.25. The molecule has 1 heterocycles. The van der Waals surface area contributed by atoms with E-state index in [1.54, 1.807) is 14.2 Å². The molecule has 0 aromatic heterocycles. The van der Waals surface area contributed by atoms with Crippen LogP contribution in [0.2, 0.25) is 0 Å². The number of nitrogens with zero attached hydrogens (tertiary/aromatic N) is 1. The topological polar surface area (TPSA) is 30.8 Å². The molecule has 0 saturated heterocycles. The minimum Gasteiger partial charge on any atom is -0.493 e. The average Bonchev–Trinajstić information content (AvgIpc) is 2.43. The number of ether oxygens (including phenoxy) is 2. The quantitative estimate of drug-likeness (QED) is 0.831. The van der Waals surface area contributed by atoms with Crippen molar-refractivity contribution in [2.45, 2.75) is 20.3 Å². The van der Waals surface area contributed by atoms with Gasteiger partial charge in [0, 0.05) is 12.1 Å². The Hall–Kier alpha value is -1.77. The molecule has 1 aliphatic heterocycles. The molecule has 0 amide bonds. The number of aliphatic imine (C=N–C) groups is 1. The number of hydrogen-bond acceptors (Lipinski definition) is 3. The Labute approximate surface area is 115 Å². The van der Waals surface area contributed by atoms with E-state index in [4.69, 9.17) is 9.47 Å². The molecule has 0 radical (unpaired) electrons. The van der Waals surface area contributed by atoms with Crippen molar-refractivity contribution in [3.05, 3.63) is 35.4 Å². The van der Waals surface area contributed by atoms with Crippen molar-refractivity contribution in [3.63, 3.8) is 0 Å². The second kappa shape index (κ2) is 5.91. The molecule has 0 N–H and O–H groups in total. The Morgan fingerprint density at radius 3 is 2.47 bits per heavy atom. The van der Waals surface area contributed by atoms with Gasteiger partial charge < -0.3 is 9.47 Å². The summed E-state index contributed by atoms with van der Waals surface area (Å²) in [6.07, 6.45) is 5.23. The van der Waals surface area contributed by atoms with E-state index in [1.807, 2.05) is 6.07 Å². The maximum atomic E-state index is 5.37. The molecular weight excluding hydrogens is 238 g/mol. The van der Waals surface area contributed by atoms with Crippen molar-refractivity contribution in [2.75, 3.05) is 20.8 Å². The van der Waals surface area contributed by atoms with Crippen molar-refractivity contribution < 1.29 is 9.47 Å². The van der Waals surface area contributed by atoms with Gasteiger partial charge in [0.25, 0.3) is 0 Å². The summed E-state index contributed by atoms with van der Waals surface area (Å²) < 4.78 is 10.7. The summed E-state index contributed by atoms with van der Waals surface area (Å²) >= 11 is 0. The fraction of sp³-hybridized carbons (Fsp3) is 0.438. The third kappa shape index (κ3) is 2.98. The van der Waals surface area contributed by atoms with Gasteiger partial charge in [-0.05, 0) is 36.1 Å². The summed E-state index contributed by atoms with van der Waals surface area (Å²) in [5.74, 6) is 2.07. The maximum absolute atomic E-state index is 5.37. The summed E-state index contributed by atoms with van der Waals surface area (Å²) in [7, 11) is 3.33. The number of allylic oxidation sites excluding steroid dienone is 2. The van der Waals surface area contributed by atoms with E-state index >= 15 is 0 Å². The van der Waals surface area contributed by atoms with Crippen LogP contribution in [0.3, 0.4) is 0 Å². The normalized spacial score (nSPS) is 14.5. The fourth-order valence-electron chi connectivity index (χ4n) is 2.17. The van der Waals surface area contributed by atoms with Crippen LogP contribution in [0, 0.1) is 5.92 Å². The van der Waals surface area contributed by atoms with E-state index in [-0.39, 0.29) is 0 Å². The molecule has 0 bridgehead atoms. The lowest BCUT2D eigenvalue weighted by atomic mass is 9.96. The van der Waals surface area contributed by atoms with Crippen LogP contribution in [0.1, 0.15) is 25.0 Å². The van der Waals surface area contributed by atoms with Crippen molar-refractivity contribution in [2.24, 2.45) is 10.9 Å². The van der Waals surface area contributed by atoms with E-state index in [2.05, 4.69) is 37.1 Å². The number of hydrogen-bond donors (Lipinski definition) is 0. The molecule has 1 aromatic rings. The summed E-state index contributed by atoms with van der Waals surface area (Å²) in [6, 6.07) is 4.09. The molecule has 1 aromatic carbocycles. The molecule has 0 aliphatic carbocycles. The van der Waals surface area contributed by atoms with Gasteiger partial charge >= 0.3 is 0 Å². The van der Waals surface area contributed by atoms with E-state index in [0.29, 0.717) is 5.92 Å². The van der Waals surface area contributed by atoms with Crippen molar-refractivity contribution in [3.8, 4) is 11.5 Å². The van der Waals surface area contributed by atoms with E-state index in [1.165, 1.54) is 5.56 Å². The molecule has 102 valence electrons. The SMILES string of the molecule is COc1cc2c(cc1OC)C(C=CC(C)C)=NCC2. The summed E-state index contributed by atoms with van der Waals surface area (Å²) in [5, 5.41) is 0. The monoisotopic (exact) mass is 259 g/mol. The summed E-state index contributed by atoms with van der Waals surface area (Å²) in [6.45, 7) is 5.16. The van der Waals surface area contributed by atoms with Crippen molar-refractivity contribution >= 4 is 5.71 Å². The molecule has 0 spiro atoms. The first-order valence-electron chi connectivity index (χ1n) is 6.63. The molecule has 0 saturated carbocycles. The first kappa shape index (κ1) is 13.7. The van der Waals surface area contributed by atoms with Gasteiger partial charge in [0.15, 0.2) is 11.5 Å². The average molecular weight is 259 g/mol. The largest absolute Gasteiger partial charge is 0.493 e. The lowest BCUT2D eigenvalue weighted by Gasteiger charge is -2.18. The van der Waals surface area contributed by atoms with Gasteiger partial charge in [-0.15, -0.1) is 0 Å². The second-order valence-corrected chi connectivity index (χ2v) is 4.98. The first-order chi connectivity index (χ1) is 9.15. The van der Waals surface area contributed by atoms with Gasteiger partial charge in [-0.1, -0.05) is 19.9 Å². The lowest BCUT2D eigenvalue weighted by Crippen LogP contribution is -2.12. The maximum Gasteiger partial charge on any atom is 0.161 e. The van der Waals surface area contributed by atoms with Crippen molar-refractivity contribution in [1.29, 1.82) is 0 Å². The van der Waals surface area contributed by atoms with Crippen LogP contribution in [0.4, 0.5) is 0 Å².